The number of aromatic carboxylic acids is 1. The molecular formula is C13H12N2O2. The maximum Gasteiger partial charge on any atom is 0.354 e. The maximum atomic E-state index is 10.7. The lowest BCUT2D eigenvalue weighted by Crippen LogP contribution is -2.01. The standard InChI is InChI=1S/C13H12N2O2/c14-7-9-3-1-2-4-11(9)10-5-6-12(13(16)17)15-8-10/h1-6,8H,7,14H2,(H,16,17). The number of pyridine rings is 1. The Morgan fingerprint density at radius 2 is 2.00 bits per heavy atom. The summed E-state index contributed by atoms with van der Waals surface area (Å²) in [6.45, 7) is 0.441. The maximum absolute atomic E-state index is 10.7. The van der Waals surface area contributed by atoms with Crippen LogP contribution in [-0.4, -0.2) is 16.1 Å². The number of carboxylic acid groups (broad SMARTS) is 1. The van der Waals surface area contributed by atoms with Crippen molar-refractivity contribution in [2.24, 2.45) is 5.73 Å². The summed E-state index contributed by atoms with van der Waals surface area (Å²) >= 11 is 0. The van der Waals surface area contributed by atoms with Gasteiger partial charge in [-0.3, -0.25) is 0 Å². The zero-order chi connectivity index (χ0) is 12.3. The molecule has 3 N–H and O–H groups in total. The zero-order valence-corrected chi connectivity index (χ0v) is 9.13. The second-order valence-electron chi connectivity index (χ2n) is 3.60. The largest absolute Gasteiger partial charge is 0.477 e. The molecular weight excluding hydrogens is 216 g/mol. The van der Waals surface area contributed by atoms with Gasteiger partial charge in [0.25, 0.3) is 0 Å². The van der Waals surface area contributed by atoms with Crippen LogP contribution in [-0.2, 0) is 6.54 Å². The first-order chi connectivity index (χ1) is 8.22. The van der Waals surface area contributed by atoms with Crippen molar-refractivity contribution in [3.63, 3.8) is 0 Å². The van der Waals surface area contributed by atoms with Crippen molar-refractivity contribution in [1.29, 1.82) is 0 Å². The van der Waals surface area contributed by atoms with E-state index in [4.69, 9.17) is 10.8 Å². The monoisotopic (exact) mass is 228 g/mol. The third-order valence-corrected chi connectivity index (χ3v) is 2.53. The molecule has 4 nitrogen and oxygen atoms in total. The molecule has 4 heteroatoms. The Labute approximate surface area is 98.7 Å². The molecule has 0 saturated heterocycles. The van der Waals surface area contributed by atoms with Gasteiger partial charge in [0.1, 0.15) is 5.69 Å². The summed E-state index contributed by atoms with van der Waals surface area (Å²) in [7, 11) is 0. The molecule has 17 heavy (non-hydrogen) atoms. The van der Waals surface area contributed by atoms with Gasteiger partial charge in [-0.05, 0) is 17.2 Å². The first-order valence-corrected chi connectivity index (χ1v) is 5.20. The van der Waals surface area contributed by atoms with E-state index in [2.05, 4.69) is 4.98 Å². The number of nitrogens with two attached hydrogens (primary N) is 1. The van der Waals surface area contributed by atoms with Gasteiger partial charge >= 0.3 is 5.97 Å². The van der Waals surface area contributed by atoms with E-state index in [1.54, 1.807) is 12.3 Å². The fourth-order valence-corrected chi connectivity index (χ4v) is 1.66. The van der Waals surface area contributed by atoms with Crippen LogP contribution in [0.25, 0.3) is 11.1 Å². The highest BCUT2D eigenvalue weighted by molar-refractivity contribution is 5.85. The third-order valence-electron chi connectivity index (χ3n) is 2.53. The summed E-state index contributed by atoms with van der Waals surface area (Å²) in [5.74, 6) is -1.02. The molecule has 0 spiro atoms. The highest BCUT2D eigenvalue weighted by atomic mass is 16.4. The molecule has 0 unspecified atom stereocenters. The number of nitrogens with zero attached hydrogens (tertiary/aromatic N) is 1. The fourth-order valence-electron chi connectivity index (χ4n) is 1.66. The highest BCUT2D eigenvalue weighted by Gasteiger charge is 2.06. The number of hydrogen-bond acceptors (Lipinski definition) is 3. The van der Waals surface area contributed by atoms with Crippen molar-refractivity contribution in [2.45, 2.75) is 6.54 Å². The van der Waals surface area contributed by atoms with E-state index in [-0.39, 0.29) is 5.69 Å². The number of carbonyl (C=O) groups is 1. The van der Waals surface area contributed by atoms with Crippen LogP contribution in [0.15, 0.2) is 42.6 Å². The van der Waals surface area contributed by atoms with Crippen LogP contribution in [0.4, 0.5) is 0 Å². The van der Waals surface area contributed by atoms with Crippen molar-refractivity contribution in [3.05, 3.63) is 53.9 Å². The molecule has 0 aliphatic rings. The molecule has 0 radical (unpaired) electrons. The minimum Gasteiger partial charge on any atom is -0.477 e. The number of rotatable bonds is 3. The second kappa shape index (κ2) is 4.76. The highest BCUT2D eigenvalue weighted by Crippen LogP contribution is 2.22. The Balaban J connectivity index is 2.43. The lowest BCUT2D eigenvalue weighted by atomic mass is 10.0. The molecule has 0 fully saturated rings. The normalized spacial score (nSPS) is 10.2. The van der Waals surface area contributed by atoms with E-state index in [0.717, 1.165) is 16.7 Å². The Morgan fingerprint density at radius 3 is 2.59 bits per heavy atom. The molecule has 2 rings (SSSR count). The molecule has 0 bridgehead atoms. The molecule has 1 aromatic heterocycles. The van der Waals surface area contributed by atoms with Gasteiger partial charge in [0.05, 0.1) is 0 Å². The van der Waals surface area contributed by atoms with Crippen LogP contribution in [0.3, 0.4) is 0 Å². The summed E-state index contributed by atoms with van der Waals surface area (Å²) in [4.78, 5) is 14.6. The average Bonchev–Trinajstić information content (AvgIpc) is 2.39. The van der Waals surface area contributed by atoms with E-state index in [1.807, 2.05) is 24.3 Å². The topological polar surface area (TPSA) is 76.2 Å². The van der Waals surface area contributed by atoms with Crippen molar-refractivity contribution < 1.29 is 9.90 Å². The Morgan fingerprint density at radius 1 is 1.24 bits per heavy atom. The third kappa shape index (κ3) is 2.32. The van der Waals surface area contributed by atoms with E-state index >= 15 is 0 Å². The molecule has 2 aromatic rings. The average molecular weight is 228 g/mol. The summed E-state index contributed by atoms with van der Waals surface area (Å²) in [6, 6.07) is 11.0. The molecule has 86 valence electrons. The molecule has 1 heterocycles. The van der Waals surface area contributed by atoms with E-state index in [0.29, 0.717) is 6.54 Å². The lowest BCUT2D eigenvalue weighted by molar-refractivity contribution is 0.0690. The van der Waals surface area contributed by atoms with E-state index in [1.165, 1.54) is 6.07 Å². The van der Waals surface area contributed by atoms with E-state index < -0.39 is 5.97 Å². The Kier molecular flexibility index (Phi) is 3.16. The fraction of sp³-hybridized carbons (Fsp3) is 0.0769. The smallest absolute Gasteiger partial charge is 0.354 e. The quantitative estimate of drug-likeness (QED) is 0.841. The lowest BCUT2D eigenvalue weighted by Gasteiger charge is -2.07. The van der Waals surface area contributed by atoms with Gasteiger partial charge in [-0.25, -0.2) is 9.78 Å². The van der Waals surface area contributed by atoms with Gasteiger partial charge < -0.3 is 10.8 Å². The number of hydrogen-bond donors (Lipinski definition) is 2. The second-order valence-corrected chi connectivity index (χ2v) is 3.60. The predicted molar refractivity (Wildman–Crippen MR) is 64.5 cm³/mol. The Bertz CT molecular complexity index is 535. The SMILES string of the molecule is NCc1ccccc1-c1ccc(C(=O)O)nc1. The van der Waals surface area contributed by atoms with Crippen molar-refractivity contribution in [3.8, 4) is 11.1 Å². The minimum atomic E-state index is -1.02. The van der Waals surface area contributed by atoms with Gasteiger partial charge in [0, 0.05) is 18.3 Å². The summed E-state index contributed by atoms with van der Waals surface area (Å²) in [5.41, 5.74) is 8.56. The van der Waals surface area contributed by atoms with Crippen molar-refractivity contribution in [1.82, 2.24) is 4.98 Å². The van der Waals surface area contributed by atoms with Crippen LogP contribution in [0.5, 0.6) is 0 Å². The minimum absolute atomic E-state index is 0.0407. The van der Waals surface area contributed by atoms with Crippen molar-refractivity contribution in [2.75, 3.05) is 0 Å². The van der Waals surface area contributed by atoms with E-state index in [9.17, 15) is 4.79 Å². The summed E-state index contributed by atoms with van der Waals surface area (Å²) in [6.07, 6.45) is 1.55. The Hall–Kier alpha value is -2.20. The number of benzene rings is 1. The van der Waals surface area contributed by atoms with Crippen LogP contribution in [0.2, 0.25) is 0 Å². The van der Waals surface area contributed by atoms with Crippen molar-refractivity contribution >= 4 is 5.97 Å². The van der Waals surface area contributed by atoms with Crippen LogP contribution in [0.1, 0.15) is 16.1 Å². The molecule has 0 aliphatic carbocycles. The first kappa shape index (κ1) is 11.3. The van der Waals surface area contributed by atoms with Crippen LogP contribution in [0, 0.1) is 0 Å². The molecule has 0 atom stereocenters. The van der Waals surface area contributed by atoms with Crippen LogP contribution >= 0.6 is 0 Å². The molecule has 0 aliphatic heterocycles. The first-order valence-electron chi connectivity index (χ1n) is 5.20. The van der Waals surface area contributed by atoms with Crippen LogP contribution < -0.4 is 5.73 Å². The zero-order valence-electron chi connectivity index (χ0n) is 9.13. The summed E-state index contributed by atoms with van der Waals surface area (Å²) < 4.78 is 0. The predicted octanol–water partition coefficient (Wildman–Crippen LogP) is 1.91. The van der Waals surface area contributed by atoms with Gasteiger partial charge in [-0.2, -0.15) is 0 Å². The van der Waals surface area contributed by atoms with Gasteiger partial charge in [0.15, 0.2) is 0 Å². The summed E-state index contributed by atoms with van der Waals surface area (Å²) in [5, 5.41) is 8.76. The van der Waals surface area contributed by atoms with Gasteiger partial charge in [-0.1, -0.05) is 30.3 Å². The van der Waals surface area contributed by atoms with Gasteiger partial charge in [0.2, 0.25) is 0 Å². The molecule has 1 aromatic carbocycles. The number of carboxylic acids is 1. The molecule has 0 amide bonds. The van der Waals surface area contributed by atoms with Gasteiger partial charge in [-0.15, -0.1) is 0 Å². The molecule has 0 saturated carbocycles. The number of aromatic nitrogens is 1.